The molecule has 0 amide bonds. The molecule has 0 aliphatic carbocycles. The van der Waals surface area contributed by atoms with Crippen molar-refractivity contribution in [1.82, 2.24) is 9.88 Å². The van der Waals surface area contributed by atoms with Crippen LogP contribution in [0.3, 0.4) is 0 Å². The molecule has 0 saturated carbocycles. The van der Waals surface area contributed by atoms with E-state index in [-0.39, 0.29) is 16.5 Å². The zero-order valence-corrected chi connectivity index (χ0v) is 13.8. The van der Waals surface area contributed by atoms with Gasteiger partial charge in [-0.2, -0.15) is 0 Å². The summed E-state index contributed by atoms with van der Waals surface area (Å²) < 4.78 is 31.9. The molecule has 0 aliphatic rings. The molecule has 0 atom stereocenters. The number of hydrogen-bond acceptors (Lipinski definition) is 4. The molecule has 0 saturated heterocycles. The third kappa shape index (κ3) is 3.97. The second kappa shape index (κ2) is 6.36. The maximum absolute atomic E-state index is 12.2. The van der Waals surface area contributed by atoms with Gasteiger partial charge in [0.25, 0.3) is 0 Å². The molecule has 114 valence electrons. The van der Waals surface area contributed by atoms with Crippen LogP contribution < -0.4 is 4.72 Å². The highest BCUT2D eigenvalue weighted by Crippen LogP contribution is 2.28. The summed E-state index contributed by atoms with van der Waals surface area (Å²) in [6.07, 6.45) is 0.407. The lowest BCUT2D eigenvalue weighted by Gasteiger charge is -2.09. The van der Waals surface area contributed by atoms with Crippen molar-refractivity contribution in [2.45, 2.75) is 25.2 Å². The van der Waals surface area contributed by atoms with Crippen molar-refractivity contribution >= 4 is 33.2 Å². The third-order valence-electron chi connectivity index (χ3n) is 2.84. The van der Waals surface area contributed by atoms with Crippen molar-refractivity contribution in [2.24, 2.45) is 0 Å². The largest absolute Gasteiger partial charge is 0.361 e. The van der Waals surface area contributed by atoms with Crippen LogP contribution in [0.25, 0.3) is 0 Å². The first-order chi connectivity index (χ1) is 9.79. The standard InChI is InChI=1S/C13H14Cl2N2O3S/c1-8-5-13(12(15)7-11(8)14)21(18,19)16-4-3-10-6-9(2)17-20-10/h5-7,16H,3-4H2,1-2H3. The summed E-state index contributed by atoms with van der Waals surface area (Å²) in [4.78, 5) is 0.0137. The zero-order chi connectivity index (χ0) is 15.6. The van der Waals surface area contributed by atoms with E-state index in [2.05, 4.69) is 9.88 Å². The monoisotopic (exact) mass is 348 g/mol. The van der Waals surface area contributed by atoms with Crippen molar-refractivity contribution in [2.75, 3.05) is 6.54 Å². The molecule has 1 aromatic carbocycles. The lowest BCUT2D eigenvalue weighted by atomic mass is 10.2. The fraction of sp³-hybridized carbons (Fsp3) is 0.308. The molecule has 0 unspecified atom stereocenters. The second-order valence-electron chi connectivity index (χ2n) is 4.61. The molecule has 2 aromatic rings. The van der Waals surface area contributed by atoms with Gasteiger partial charge in [0.05, 0.1) is 10.7 Å². The Kier molecular flexibility index (Phi) is 4.93. The van der Waals surface area contributed by atoms with E-state index < -0.39 is 10.0 Å². The van der Waals surface area contributed by atoms with Crippen LogP contribution in [0.1, 0.15) is 17.0 Å². The van der Waals surface area contributed by atoms with Crippen LogP contribution in [-0.2, 0) is 16.4 Å². The maximum Gasteiger partial charge on any atom is 0.242 e. The average Bonchev–Trinajstić information content (AvgIpc) is 2.79. The van der Waals surface area contributed by atoms with Crippen LogP contribution in [0, 0.1) is 13.8 Å². The van der Waals surface area contributed by atoms with E-state index in [1.807, 2.05) is 0 Å². The quantitative estimate of drug-likeness (QED) is 0.900. The number of sulfonamides is 1. The van der Waals surface area contributed by atoms with Crippen LogP contribution in [-0.4, -0.2) is 20.1 Å². The molecule has 0 bridgehead atoms. The summed E-state index contributed by atoms with van der Waals surface area (Å²) in [5.41, 5.74) is 1.40. The summed E-state index contributed by atoms with van der Waals surface area (Å²) in [6.45, 7) is 3.71. The van der Waals surface area contributed by atoms with Crippen LogP contribution in [0.2, 0.25) is 10.0 Å². The molecule has 1 N–H and O–H groups in total. The Morgan fingerprint density at radius 2 is 1.90 bits per heavy atom. The van der Waals surface area contributed by atoms with Gasteiger partial charge >= 0.3 is 0 Å². The van der Waals surface area contributed by atoms with Gasteiger partial charge < -0.3 is 4.52 Å². The Balaban J connectivity index is 2.10. The number of aryl methyl sites for hydroxylation is 2. The zero-order valence-electron chi connectivity index (χ0n) is 11.5. The highest BCUT2D eigenvalue weighted by Gasteiger charge is 2.19. The number of benzene rings is 1. The first-order valence-electron chi connectivity index (χ1n) is 6.17. The SMILES string of the molecule is Cc1cc(CCNS(=O)(=O)c2cc(C)c(Cl)cc2Cl)on1. The molecule has 0 fully saturated rings. The number of hydrogen-bond donors (Lipinski definition) is 1. The van der Waals surface area contributed by atoms with E-state index in [0.29, 0.717) is 22.8 Å². The summed E-state index contributed by atoms with van der Waals surface area (Å²) in [7, 11) is -3.70. The predicted molar refractivity (Wildman–Crippen MR) is 81.3 cm³/mol. The molecular weight excluding hydrogens is 335 g/mol. The van der Waals surface area contributed by atoms with Gasteiger partial charge in [0.2, 0.25) is 10.0 Å². The summed E-state index contributed by atoms with van der Waals surface area (Å²) >= 11 is 11.9. The molecule has 0 aliphatic heterocycles. The van der Waals surface area contributed by atoms with E-state index in [1.165, 1.54) is 12.1 Å². The minimum absolute atomic E-state index is 0.0137. The molecule has 1 heterocycles. The van der Waals surface area contributed by atoms with Crippen molar-refractivity contribution in [3.8, 4) is 0 Å². The fourth-order valence-corrected chi connectivity index (χ4v) is 3.62. The molecular formula is C13H14Cl2N2O3S. The minimum atomic E-state index is -3.70. The summed E-state index contributed by atoms with van der Waals surface area (Å²) in [6, 6.07) is 4.63. The molecule has 8 heteroatoms. The topological polar surface area (TPSA) is 72.2 Å². The Hall–Kier alpha value is -1.08. The number of aromatic nitrogens is 1. The van der Waals surface area contributed by atoms with Gasteiger partial charge in [-0.25, -0.2) is 13.1 Å². The Morgan fingerprint density at radius 3 is 2.52 bits per heavy atom. The van der Waals surface area contributed by atoms with Gasteiger partial charge in [0.15, 0.2) is 0 Å². The molecule has 1 aromatic heterocycles. The lowest BCUT2D eigenvalue weighted by molar-refractivity contribution is 0.379. The molecule has 0 radical (unpaired) electrons. The van der Waals surface area contributed by atoms with Crippen LogP contribution in [0.15, 0.2) is 27.6 Å². The van der Waals surface area contributed by atoms with E-state index in [0.717, 1.165) is 5.69 Å². The van der Waals surface area contributed by atoms with Crippen molar-refractivity contribution < 1.29 is 12.9 Å². The van der Waals surface area contributed by atoms with Gasteiger partial charge in [0.1, 0.15) is 10.7 Å². The number of rotatable bonds is 5. The van der Waals surface area contributed by atoms with E-state index in [1.54, 1.807) is 19.9 Å². The van der Waals surface area contributed by atoms with Crippen LogP contribution in [0.5, 0.6) is 0 Å². The lowest BCUT2D eigenvalue weighted by Crippen LogP contribution is -2.26. The smallest absolute Gasteiger partial charge is 0.242 e. The first kappa shape index (κ1) is 16.3. The van der Waals surface area contributed by atoms with Crippen molar-refractivity contribution in [1.29, 1.82) is 0 Å². The fourth-order valence-electron chi connectivity index (χ4n) is 1.76. The van der Waals surface area contributed by atoms with Gasteiger partial charge in [-0.1, -0.05) is 28.4 Å². The Morgan fingerprint density at radius 1 is 1.19 bits per heavy atom. The van der Waals surface area contributed by atoms with E-state index >= 15 is 0 Å². The number of nitrogens with one attached hydrogen (secondary N) is 1. The van der Waals surface area contributed by atoms with E-state index in [4.69, 9.17) is 27.7 Å². The van der Waals surface area contributed by atoms with Crippen LogP contribution in [0.4, 0.5) is 0 Å². The first-order valence-corrected chi connectivity index (χ1v) is 8.41. The van der Waals surface area contributed by atoms with Gasteiger partial charge in [-0.05, 0) is 31.5 Å². The van der Waals surface area contributed by atoms with Crippen molar-refractivity contribution in [3.05, 3.63) is 45.3 Å². The number of nitrogens with zero attached hydrogens (tertiary/aromatic N) is 1. The van der Waals surface area contributed by atoms with E-state index in [9.17, 15) is 8.42 Å². The molecule has 5 nitrogen and oxygen atoms in total. The highest BCUT2D eigenvalue weighted by molar-refractivity contribution is 7.89. The third-order valence-corrected chi connectivity index (χ3v) is 5.18. The summed E-state index contributed by atoms with van der Waals surface area (Å²) in [5, 5.41) is 4.26. The molecule has 21 heavy (non-hydrogen) atoms. The van der Waals surface area contributed by atoms with Crippen molar-refractivity contribution in [3.63, 3.8) is 0 Å². The molecule has 2 rings (SSSR count). The van der Waals surface area contributed by atoms with Gasteiger partial charge in [-0.3, -0.25) is 0 Å². The minimum Gasteiger partial charge on any atom is -0.361 e. The molecule has 0 spiro atoms. The second-order valence-corrected chi connectivity index (χ2v) is 7.16. The maximum atomic E-state index is 12.2. The summed E-state index contributed by atoms with van der Waals surface area (Å²) in [5.74, 6) is 0.619. The van der Waals surface area contributed by atoms with Crippen LogP contribution >= 0.6 is 23.2 Å². The van der Waals surface area contributed by atoms with Gasteiger partial charge in [0, 0.05) is 24.1 Å². The van der Waals surface area contributed by atoms with Gasteiger partial charge in [-0.15, -0.1) is 0 Å². The predicted octanol–water partition coefficient (Wildman–Crippen LogP) is 3.12. The number of halogens is 2. The average molecular weight is 349 g/mol. The normalized spacial score (nSPS) is 11.8. The highest BCUT2D eigenvalue weighted by atomic mass is 35.5. The Labute approximate surface area is 133 Å². The Bertz CT molecular complexity index is 757.